The minimum Gasteiger partial charge on any atom is -0.496 e. The van der Waals surface area contributed by atoms with Gasteiger partial charge in [0.1, 0.15) is 5.75 Å². The Morgan fingerprint density at radius 1 is 1.26 bits per heavy atom. The molecule has 2 heterocycles. The van der Waals surface area contributed by atoms with E-state index in [9.17, 15) is 0 Å². The van der Waals surface area contributed by atoms with Gasteiger partial charge in [0.2, 0.25) is 0 Å². The zero-order valence-corrected chi connectivity index (χ0v) is 17.3. The minimum absolute atomic E-state index is 0.334. The number of piperidine rings is 1. The van der Waals surface area contributed by atoms with Gasteiger partial charge in [0.15, 0.2) is 5.96 Å². The van der Waals surface area contributed by atoms with Crippen molar-refractivity contribution in [2.75, 3.05) is 38.7 Å². The molecule has 2 aromatic rings. The molecule has 0 radical (unpaired) electrons. The molecule has 27 heavy (non-hydrogen) atoms. The first-order valence-corrected chi connectivity index (χ1v) is 10.5. The van der Waals surface area contributed by atoms with Crippen LogP contribution in [0.15, 0.2) is 46.8 Å². The predicted octanol–water partition coefficient (Wildman–Crippen LogP) is 3.69. The maximum absolute atomic E-state index is 5.48. The molecule has 6 heteroatoms. The van der Waals surface area contributed by atoms with Crippen molar-refractivity contribution in [3.63, 3.8) is 0 Å². The van der Waals surface area contributed by atoms with Crippen LogP contribution in [0, 0.1) is 0 Å². The van der Waals surface area contributed by atoms with Crippen LogP contribution >= 0.6 is 11.3 Å². The second-order valence-electron chi connectivity index (χ2n) is 6.95. The van der Waals surface area contributed by atoms with Gasteiger partial charge in [0.05, 0.1) is 12.1 Å². The number of para-hydroxylation sites is 1. The molecule has 1 fully saturated rings. The highest BCUT2D eigenvalue weighted by molar-refractivity contribution is 7.14. The Morgan fingerprint density at radius 2 is 2.04 bits per heavy atom. The molecule has 1 aliphatic heterocycles. The van der Waals surface area contributed by atoms with E-state index in [-0.39, 0.29) is 0 Å². The Balaban J connectivity index is 1.47. The summed E-state index contributed by atoms with van der Waals surface area (Å²) >= 11 is 1.82. The zero-order chi connectivity index (χ0) is 19.1. The molecular formula is C21H30N4OS. The van der Waals surface area contributed by atoms with Gasteiger partial charge >= 0.3 is 0 Å². The number of hydrogen-bond acceptors (Lipinski definition) is 4. The Morgan fingerprint density at radius 3 is 2.70 bits per heavy atom. The largest absolute Gasteiger partial charge is 0.496 e. The van der Waals surface area contributed by atoms with Crippen molar-refractivity contribution in [3.05, 3.63) is 47.3 Å². The first kappa shape index (κ1) is 19.5. The van der Waals surface area contributed by atoms with Gasteiger partial charge in [-0.2, -0.15) is 0 Å². The van der Waals surface area contributed by atoms with Crippen LogP contribution in [0.4, 0.5) is 5.00 Å². The third-order valence-electron chi connectivity index (χ3n) is 5.12. The molecule has 5 nitrogen and oxygen atoms in total. The molecule has 1 unspecified atom stereocenters. The summed E-state index contributed by atoms with van der Waals surface area (Å²) in [6.45, 7) is 5.20. The van der Waals surface area contributed by atoms with Gasteiger partial charge in [-0.05, 0) is 42.0 Å². The average Bonchev–Trinajstić information content (AvgIpc) is 3.26. The quantitative estimate of drug-likeness (QED) is 0.587. The van der Waals surface area contributed by atoms with Gasteiger partial charge in [0.25, 0.3) is 0 Å². The fraction of sp³-hybridized carbons (Fsp3) is 0.476. The number of thiophene rings is 1. The van der Waals surface area contributed by atoms with Gasteiger partial charge in [-0.1, -0.05) is 25.1 Å². The molecule has 0 amide bonds. The summed E-state index contributed by atoms with van der Waals surface area (Å²) < 4.78 is 5.48. The number of anilines is 1. The van der Waals surface area contributed by atoms with E-state index in [4.69, 9.17) is 4.74 Å². The molecule has 1 aromatic carbocycles. The predicted molar refractivity (Wildman–Crippen MR) is 115 cm³/mol. The van der Waals surface area contributed by atoms with Crippen molar-refractivity contribution >= 4 is 22.3 Å². The van der Waals surface area contributed by atoms with Crippen LogP contribution in [0.1, 0.15) is 31.2 Å². The minimum atomic E-state index is 0.334. The molecule has 146 valence electrons. The van der Waals surface area contributed by atoms with Crippen molar-refractivity contribution in [1.82, 2.24) is 10.6 Å². The number of hydrogen-bond donors (Lipinski definition) is 2. The maximum Gasteiger partial charge on any atom is 0.191 e. The number of aliphatic imine (C=N–C) groups is 1. The lowest BCUT2D eigenvalue weighted by Gasteiger charge is -2.33. The molecule has 1 aliphatic rings. The van der Waals surface area contributed by atoms with E-state index in [1.165, 1.54) is 10.6 Å². The highest BCUT2D eigenvalue weighted by Gasteiger charge is 2.21. The number of nitrogens with one attached hydrogen (secondary N) is 2. The molecule has 3 rings (SSSR count). The second kappa shape index (κ2) is 9.65. The van der Waals surface area contributed by atoms with E-state index in [2.05, 4.69) is 57.1 Å². The average molecular weight is 387 g/mol. The molecule has 0 aliphatic carbocycles. The van der Waals surface area contributed by atoms with Crippen molar-refractivity contribution in [3.8, 4) is 5.75 Å². The summed E-state index contributed by atoms with van der Waals surface area (Å²) in [4.78, 5) is 6.89. The lowest BCUT2D eigenvalue weighted by molar-refractivity contribution is 0.406. The third-order valence-corrected chi connectivity index (χ3v) is 6.05. The Bertz CT molecular complexity index is 724. The van der Waals surface area contributed by atoms with Gasteiger partial charge in [-0.3, -0.25) is 4.99 Å². The summed E-state index contributed by atoms with van der Waals surface area (Å²) in [6, 6.07) is 13.0. The van der Waals surface area contributed by atoms with Crippen molar-refractivity contribution in [2.24, 2.45) is 4.99 Å². The zero-order valence-electron chi connectivity index (χ0n) is 16.4. The molecule has 2 N–H and O–H groups in total. The Labute approximate surface area is 166 Å². The first-order chi connectivity index (χ1) is 13.2. The Hall–Kier alpha value is -2.21. The first-order valence-electron chi connectivity index (χ1n) is 9.59. The monoisotopic (exact) mass is 386 g/mol. The SMILES string of the molecule is CN=C(NCC(C)c1ccccc1OC)NC1CCN(c2cccs2)CC1. The molecule has 0 bridgehead atoms. The number of rotatable bonds is 6. The molecule has 0 spiro atoms. The van der Waals surface area contributed by atoms with Crippen LogP contribution in [0.5, 0.6) is 5.75 Å². The standard InChI is InChI=1S/C21H30N4OS/c1-16(18-7-4-5-8-19(18)26-3)15-23-21(22-2)24-17-10-12-25(13-11-17)20-9-6-14-27-20/h4-9,14,16-17H,10-13,15H2,1-3H3,(H2,22,23,24). The summed E-state index contributed by atoms with van der Waals surface area (Å²) in [7, 11) is 3.56. The van der Waals surface area contributed by atoms with E-state index in [0.717, 1.165) is 44.2 Å². The second-order valence-corrected chi connectivity index (χ2v) is 7.88. The summed E-state index contributed by atoms with van der Waals surface area (Å²) in [5.41, 5.74) is 1.22. The van der Waals surface area contributed by atoms with Gasteiger partial charge in [-0.15, -0.1) is 11.3 Å². The van der Waals surface area contributed by atoms with Crippen LogP contribution in [0.2, 0.25) is 0 Å². The highest BCUT2D eigenvalue weighted by atomic mass is 32.1. The highest BCUT2D eigenvalue weighted by Crippen LogP contribution is 2.26. The molecular weight excluding hydrogens is 356 g/mol. The Kier molecular flexibility index (Phi) is 6.98. The van der Waals surface area contributed by atoms with Crippen molar-refractivity contribution in [2.45, 2.75) is 31.7 Å². The van der Waals surface area contributed by atoms with Crippen LogP contribution in [-0.2, 0) is 0 Å². The van der Waals surface area contributed by atoms with Crippen LogP contribution < -0.4 is 20.3 Å². The van der Waals surface area contributed by atoms with Gasteiger partial charge < -0.3 is 20.3 Å². The van der Waals surface area contributed by atoms with Crippen LogP contribution in [0.25, 0.3) is 0 Å². The van der Waals surface area contributed by atoms with Gasteiger partial charge in [-0.25, -0.2) is 0 Å². The fourth-order valence-corrected chi connectivity index (χ4v) is 4.30. The van der Waals surface area contributed by atoms with Crippen LogP contribution in [0.3, 0.4) is 0 Å². The van der Waals surface area contributed by atoms with E-state index in [0.29, 0.717) is 12.0 Å². The number of guanidine groups is 1. The van der Waals surface area contributed by atoms with E-state index in [1.54, 1.807) is 7.11 Å². The lowest BCUT2D eigenvalue weighted by Crippen LogP contribution is -2.49. The van der Waals surface area contributed by atoms with Crippen LogP contribution in [-0.4, -0.2) is 45.8 Å². The molecule has 1 saturated heterocycles. The number of benzene rings is 1. The third kappa shape index (κ3) is 5.16. The van der Waals surface area contributed by atoms with Crippen molar-refractivity contribution in [1.29, 1.82) is 0 Å². The summed E-state index contributed by atoms with van der Waals surface area (Å²) in [6.07, 6.45) is 2.25. The molecule has 1 atom stereocenters. The van der Waals surface area contributed by atoms with E-state index < -0.39 is 0 Å². The summed E-state index contributed by atoms with van der Waals surface area (Å²) in [5, 5.41) is 10.6. The fourth-order valence-electron chi connectivity index (χ4n) is 3.52. The lowest BCUT2D eigenvalue weighted by atomic mass is 10.00. The molecule has 1 aromatic heterocycles. The summed E-state index contributed by atoms with van der Waals surface area (Å²) in [5.74, 6) is 2.15. The number of methoxy groups -OCH3 is 1. The van der Waals surface area contributed by atoms with E-state index >= 15 is 0 Å². The number of ether oxygens (including phenoxy) is 1. The van der Waals surface area contributed by atoms with Gasteiger partial charge in [0, 0.05) is 38.6 Å². The topological polar surface area (TPSA) is 48.9 Å². The maximum atomic E-state index is 5.48. The molecule has 0 saturated carbocycles. The smallest absolute Gasteiger partial charge is 0.191 e. The van der Waals surface area contributed by atoms with E-state index in [1.807, 2.05) is 30.5 Å². The normalized spacial score (nSPS) is 16.9. The number of nitrogens with zero attached hydrogens (tertiary/aromatic N) is 2. The van der Waals surface area contributed by atoms with Crippen molar-refractivity contribution < 1.29 is 4.74 Å².